The van der Waals surface area contributed by atoms with E-state index in [4.69, 9.17) is 11.5 Å². The summed E-state index contributed by atoms with van der Waals surface area (Å²) in [6.45, 7) is 8.23. The smallest absolute Gasteiger partial charge is 0.243 e. The molecule has 4 saturated heterocycles. The Bertz CT molecular complexity index is 2780. The molecule has 4 heterocycles. The second-order valence-electron chi connectivity index (χ2n) is 23.2. The fourth-order valence-electron chi connectivity index (χ4n) is 11.9. The van der Waals surface area contributed by atoms with E-state index in [9.17, 15) is 67.7 Å². The van der Waals surface area contributed by atoms with E-state index in [0.29, 0.717) is 77.5 Å². The van der Waals surface area contributed by atoms with E-state index in [0.717, 1.165) is 12.1 Å². The van der Waals surface area contributed by atoms with E-state index in [2.05, 4.69) is 42.5 Å². The predicted molar refractivity (Wildman–Crippen MR) is 333 cm³/mol. The number of likely N-dealkylation sites (tertiary alicyclic amines) is 4. The highest BCUT2D eigenvalue weighted by molar-refractivity contribution is 8.93. The van der Waals surface area contributed by atoms with Gasteiger partial charge < -0.3 is 83.8 Å². The molecule has 0 saturated carbocycles. The zero-order valence-corrected chi connectivity index (χ0v) is 53.5. The largest absolute Gasteiger partial charge is 0.507 e. The number of ketones is 2. The maximum Gasteiger partial charge on any atom is 0.243 e. The van der Waals surface area contributed by atoms with Crippen molar-refractivity contribution in [1.29, 1.82) is 0 Å². The lowest BCUT2D eigenvalue weighted by Gasteiger charge is -2.27. The minimum atomic E-state index is -1.00. The van der Waals surface area contributed by atoms with Crippen molar-refractivity contribution in [2.75, 3.05) is 89.2 Å². The third-order valence-electron chi connectivity index (χ3n) is 16.1. The third-order valence-corrected chi connectivity index (χ3v) is 16.1. The summed E-state index contributed by atoms with van der Waals surface area (Å²) < 4.78 is 0. The van der Waals surface area contributed by atoms with Crippen molar-refractivity contribution in [3.8, 4) is 11.5 Å². The van der Waals surface area contributed by atoms with E-state index in [1.807, 2.05) is 27.7 Å². The first kappa shape index (κ1) is 71.3. The van der Waals surface area contributed by atoms with Crippen LogP contribution in [0.5, 0.6) is 11.5 Å². The van der Waals surface area contributed by atoms with Crippen molar-refractivity contribution in [2.45, 2.75) is 128 Å². The molecule has 6 atom stereocenters. The molecule has 0 bridgehead atoms. The number of amides is 10. The second-order valence-corrected chi connectivity index (χ2v) is 23.2. The third kappa shape index (κ3) is 17.5. The molecule has 30 heteroatoms. The average molecular weight is 1360 g/mol. The first-order chi connectivity index (χ1) is 41.0. The number of benzene rings is 2. The first-order valence-electron chi connectivity index (χ1n) is 29.6. The molecule has 0 radical (unpaired) electrons. The predicted octanol–water partition coefficient (Wildman–Crippen LogP) is -0.739. The van der Waals surface area contributed by atoms with Crippen molar-refractivity contribution in [3.63, 3.8) is 0 Å². The average Bonchev–Trinajstić information content (AvgIpc) is 1.33. The topological polar surface area (TPSA) is 407 Å². The molecule has 28 nitrogen and oxygen atoms in total. The summed E-state index contributed by atoms with van der Waals surface area (Å²) in [6, 6.07) is 0.133. The summed E-state index contributed by atoms with van der Waals surface area (Å²) in [5, 5.41) is 44.7. The molecular weight excluding hydrogens is 1280 g/mol. The van der Waals surface area contributed by atoms with Crippen LogP contribution in [0.2, 0.25) is 0 Å². The number of hydrogen-bond acceptors (Lipinski definition) is 18. The van der Waals surface area contributed by atoms with Crippen LogP contribution in [-0.2, 0) is 47.9 Å². The number of phenols is 2. The number of hydrogen-bond donors (Lipinski definition) is 12. The van der Waals surface area contributed by atoms with E-state index < -0.39 is 107 Å². The number of nitrogens with zero attached hydrogens (tertiary/aromatic N) is 4. The highest BCUT2D eigenvalue weighted by Gasteiger charge is 2.41. The van der Waals surface area contributed by atoms with Gasteiger partial charge in [-0.3, -0.25) is 57.5 Å². The fourth-order valence-corrected chi connectivity index (χ4v) is 11.9. The van der Waals surface area contributed by atoms with Gasteiger partial charge in [0.25, 0.3) is 0 Å². The van der Waals surface area contributed by atoms with Gasteiger partial charge in [-0.1, -0.05) is 27.7 Å². The Morgan fingerprint density at radius 2 is 0.795 bits per heavy atom. The number of aromatic hydroxyl groups is 2. The minimum Gasteiger partial charge on any atom is -0.507 e. The number of nitrogens with one attached hydrogen (secondary N) is 8. The summed E-state index contributed by atoms with van der Waals surface area (Å²) >= 11 is 0. The zero-order valence-electron chi connectivity index (χ0n) is 50.0. The Morgan fingerprint density at radius 1 is 0.477 bits per heavy atom. The number of carbonyl (C=O) groups is 12. The van der Waals surface area contributed by atoms with Crippen LogP contribution in [0.3, 0.4) is 0 Å². The van der Waals surface area contributed by atoms with Gasteiger partial charge in [-0.2, -0.15) is 0 Å². The van der Waals surface area contributed by atoms with Gasteiger partial charge in [0.1, 0.15) is 47.8 Å². The molecule has 4 fully saturated rings. The molecule has 5 aliphatic rings. The summed E-state index contributed by atoms with van der Waals surface area (Å²) in [7, 11) is 0. The van der Waals surface area contributed by atoms with Crippen LogP contribution in [0.1, 0.15) is 124 Å². The number of rotatable bonds is 28. The molecule has 1 aliphatic carbocycles. The van der Waals surface area contributed by atoms with Gasteiger partial charge >= 0.3 is 0 Å². The first-order valence-corrected chi connectivity index (χ1v) is 29.6. The summed E-state index contributed by atoms with van der Waals surface area (Å²) in [5.41, 5.74) is 10.4. The Labute approximate surface area is 531 Å². The SMILES string of the molecule is Br.Br.CC(C)C[C@H](NC(=O)[C@@H]1CCCN1C(=O)CNCCNc1ccc(NCCNCC(=O)N2CCC[C@H]2C(=O)N[C@@H](CC(C)C)C(=O)NCC(=O)N2CCC[C@H]2C(N)=O)c2c1C(=O)c1c(O)ccc(O)c1C2=O)C(=O)NCC(=O)N1CCC[C@H]1C(N)=O. The van der Waals surface area contributed by atoms with Crippen LogP contribution in [0.15, 0.2) is 24.3 Å². The van der Waals surface area contributed by atoms with Crippen LogP contribution >= 0.6 is 34.0 Å². The summed E-state index contributed by atoms with van der Waals surface area (Å²) in [6.07, 6.45) is 4.39. The normalized spacial score (nSPS) is 19.2. The van der Waals surface area contributed by atoms with Crippen molar-refractivity contribution in [1.82, 2.24) is 51.5 Å². The molecule has 0 unspecified atom stereocenters. The lowest BCUT2D eigenvalue weighted by atomic mass is 9.81. The summed E-state index contributed by atoms with van der Waals surface area (Å²) in [5.74, 6) is -7.68. The van der Waals surface area contributed by atoms with Gasteiger partial charge in [-0.25, -0.2) is 0 Å². The number of anilines is 2. The molecule has 14 N–H and O–H groups in total. The molecule has 0 spiro atoms. The Morgan fingerprint density at radius 3 is 1.12 bits per heavy atom. The molecular formula is C58H84Br2N14O14. The molecule has 7 rings (SSSR count). The van der Waals surface area contributed by atoms with Gasteiger partial charge in [0.15, 0.2) is 0 Å². The Kier molecular flexibility index (Phi) is 26.5. The van der Waals surface area contributed by atoms with Crippen molar-refractivity contribution in [3.05, 3.63) is 46.5 Å². The fraction of sp³-hybridized carbons (Fsp3) is 0.586. The van der Waals surface area contributed by atoms with Crippen molar-refractivity contribution >= 4 is 116 Å². The van der Waals surface area contributed by atoms with Gasteiger partial charge in [0, 0.05) is 63.7 Å². The van der Waals surface area contributed by atoms with Crippen LogP contribution < -0.4 is 54.0 Å². The van der Waals surface area contributed by atoms with Crippen LogP contribution in [0, 0.1) is 11.8 Å². The number of phenolic OH excluding ortho intramolecular Hbond substituents is 2. The maximum atomic E-state index is 14.3. The molecule has 10 amide bonds. The highest BCUT2D eigenvalue weighted by Crippen LogP contribution is 2.42. The molecule has 484 valence electrons. The van der Waals surface area contributed by atoms with E-state index in [-0.39, 0.29) is 156 Å². The van der Waals surface area contributed by atoms with Gasteiger partial charge in [-0.05, 0) is 100 Å². The van der Waals surface area contributed by atoms with E-state index in [1.54, 1.807) is 12.1 Å². The number of primary amides is 2. The Hall–Kier alpha value is -7.44. The molecule has 2 aromatic rings. The molecule has 88 heavy (non-hydrogen) atoms. The lowest BCUT2D eigenvalue weighted by Crippen LogP contribution is -2.55. The van der Waals surface area contributed by atoms with Crippen molar-refractivity contribution in [2.24, 2.45) is 23.3 Å². The monoisotopic (exact) mass is 1360 g/mol. The number of halogens is 2. The van der Waals surface area contributed by atoms with E-state index in [1.165, 1.54) is 19.6 Å². The summed E-state index contributed by atoms with van der Waals surface area (Å²) in [4.78, 5) is 165. The van der Waals surface area contributed by atoms with Crippen molar-refractivity contribution < 1.29 is 67.7 Å². The maximum absolute atomic E-state index is 14.3. The highest BCUT2D eigenvalue weighted by atomic mass is 79.9. The quantitative estimate of drug-likeness (QED) is 0.0315. The van der Waals surface area contributed by atoms with Crippen LogP contribution in [0.25, 0.3) is 0 Å². The molecule has 0 aromatic heterocycles. The standard InChI is InChI=1S/C58H82N14O14.2BrH/c1-31(2)25-35(55(83)65-29-45(77)69-21-5-9-37(69)53(59)81)67-57(85)39-11-7-23-71(39)43(75)27-61-17-19-63-33-13-14-34(48-47(33)51(79)49-41(73)15-16-42(74)50(49)52(48)80)64-20-18-62-28-44(76)72-24-8-12-40(72)58(86)68-36(26-32(3)4)56(84)66-30-46(78)70-22-6-10-38(70)54(60)82;;/h13-16,31-32,35-40,61-64,73-74H,5-12,17-30H2,1-4H3,(H2,59,81)(H2,60,82)(H,65,83)(H,66,84)(H,67,85)(H,68,86);2*1H/t35-,36-,37-,38-,39-,40-;;/m0../s1. The van der Waals surface area contributed by atoms with Gasteiger partial charge in [-0.15, -0.1) is 34.0 Å². The number of carbonyl (C=O) groups excluding carboxylic acids is 12. The molecule has 2 aromatic carbocycles. The number of fused-ring (bicyclic) bond motifs is 2. The molecule has 4 aliphatic heterocycles. The minimum absolute atomic E-state index is 0. The van der Waals surface area contributed by atoms with Crippen LogP contribution in [0.4, 0.5) is 11.4 Å². The lowest BCUT2D eigenvalue weighted by molar-refractivity contribution is -0.140. The van der Waals surface area contributed by atoms with Gasteiger partial charge in [0.2, 0.25) is 70.6 Å². The Balaban J connectivity index is 0.00000705. The van der Waals surface area contributed by atoms with Gasteiger partial charge in [0.05, 0.1) is 48.4 Å². The zero-order chi connectivity index (χ0) is 62.5. The van der Waals surface area contributed by atoms with Crippen LogP contribution in [-0.4, -0.2) is 215 Å². The van der Waals surface area contributed by atoms with E-state index >= 15 is 0 Å². The second kappa shape index (κ2) is 32.7. The number of nitrogens with two attached hydrogens (primary N) is 2.